The van der Waals surface area contributed by atoms with Crippen LogP contribution in [0.3, 0.4) is 0 Å². The number of nitrogens with zero attached hydrogens (tertiary/aromatic N) is 1. The summed E-state index contributed by atoms with van der Waals surface area (Å²) in [6, 6.07) is 3.19. The number of Topliss-reactive ketones (excluding diaryl/α,β-unsaturated/α-hetero) is 3. The molecule has 0 bridgehead atoms. The van der Waals surface area contributed by atoms with Crippen molar-refractivity contribution >= 4 is 23.1 Å². The number of fused-ring (bicyclic) bond motifs is 1. The molecular formula is C25H31NO7. The zero-order chi connectivity index (χ0) is 24.4. The summed E-state index contributed by atoms with van der Waals surface area (Å²) in [5.74, 6) is -2.97. The summed E-state index contributed by atoms with van der Waals surface area (Å²) in [4.78, 5) is 42.8. The first-order valence-electron chi connectivity index (χ1n) is 11.2. The van der Waals surface area contributed by atoms with Gasteiger partial charge in [-0.15, -0.1) is 0 Å². The number of allylic oxidation sites excluding steroid dienone is 2. The van der Waals surface area contributed by atoms with Gasteiger partial charge in [-0.3, -0.25) is 14.4 Å². The molecule has 0 saturated carbocycles. The van der Waals surface area contributed by atoms with Crippen LogP contribution in [0.2, 0.25) is 0 Å². The van der Waals surface area contributed by atoms with Crippen LogP contribution in [0.5, 0.6) is 5.75 Å². The predicted molar refractivity (Wildman–Crippen MR) is 121 cm³/mol. The van der Waals surface area contributed by atoms with Crippen molar-refractivity contribution in [2.24, 2.45) is 22.9 Å². The topological polar surface area (TPSA) is 133 Å². The van der Waals surface area contributed by atoms with E-state index in [2.05, 4.69) is 5.16 Å². The van der Waals surface area contributed by atoms with Crippen LogP contribution in [0, 0.1) is 17.8 Å². The van der Waals surface area contributed by atoms with Gasteiger partial charge in [0.2, 0.25) is 0 Å². The number of benzene rings is 1. The molecule has 0 radical (unpaired) electrons. The third-order valence-electron chi connectivity index (χ3n) is 6.41. The molecular weight excluding hydrogens is 426 g/mol. The van der Waals surface area contributed by atoms with Crippen LogP contribution < -0.4 is 0 Å². The van der Waals surface area contributed by atoms with E-state index in [1.165, 1.54) is 13.0 Å². The Morgan fingerprint density at radius 3 is 2.45 bits per heavy atom. The Morgan fingerprint density at radius 1 is 1.15 bits per heavy atom. The van der Waals surface area contributed by atoms with Crippen molar-refractivity contribution in [2.45, 2.75) is 59.5 Å². The minimum absolute atomic E-state index is 0.0810. The van der Waals surface area contributed by atoms with Gasteiger partial charge < -0.3 is 20.2 Å². The monoisotopic (exact) mass is 457 g/mol. The van der Waals surface area contributed by atoms with Crippen LogP contribution in [-0.4, -0.2) is 51.1 Å². The van der Waals surface area contributed by atoms with Gasteiger partial charge in [0, 0.05) is 24.3 Å². The highest BCUT2D eigenvalue weighted by Gasteiger charge is 2.41. The highest BCUT2D eigenvalue weighted by Crippen LogP contribution is 2.41. The molecule has 0 amide bonds. The first-order valence-corrected chi connectivity index (χ1v) is 11.2. The standard InChI is InChI=1S/C25H31NO7/c1-12(2)33-26-13(3)17-5-6-20(29)24-18(17)8-15(9-21(24)30)7-16-10-22(31)23(14(4)28)25(32)19(16)11-27/h5-6,12,15-16,19,27,29,31H,7-11H2,1-4H3/b26-13-. The maximum atomic E-state index is 13.0. The van der Waals surface area contributed by atoms with E-state index in [9.17, 15) is 29.7 Å². The maximum absolute atomic E-state index is 13.0. The van der Waals surface area contributed by atoms with E-state index in [1.807, 2.05) is 13.8 Å². The lowest BCUT2D eigenvalue weighted by Crippen LogP contribution is -2.37. The van der Waals surface area contributed by atoms with Crippen LogP contribution >= 0.6 is 0 Å². The SMILES string of the molecule is CC(=O)C1=C(O)CC(CC2CC(=O)c3c(O)ccc(/C(C)=N\OC(C)C)c3C2)C(CO)C1=O. The Hall–Kier alpha value is -3.00. The van der Waals surface area contributed by atoms with E-state index in [-0.39, 0.29) is 53.3 Å². The van der Waals surface area contributed by atoms with Gasteiger partial charge in [-0.05, 0) is 70.1 Å². The predicted octanol–water partition coefficient (Wildman–Crippen LogP) is 3.28. The molecule has 0 fully saturated rings. The zero-order valence-electron chi connectivity index (χ0n) is 19.4. The van der Waals surface area contributed by atoms with Gasteiger partial charge in [0.05, 0.1) is 23.5 Å². The van der Waals surface area contributed by atoms with E-state index in [1.54, 1.807) is 13.0 Å². The lowest BCUT2D eigenvalue weighted by atomic mass is 9.69. The van der Waals surface area contributed by atoms with Gasteiger partial charge in [0.1, 0.15) is 17.6 Å². The highest BCUT2D eigenvalue weighted by atomic mass is 16.6. The average molecular weight is 458 g/mol. The number of aromatic hydroxyl groups is 1. The number of carbonyl (C=O) groups is 3. The fraction of sp³-hybridized carbons (Fsp3) is 0.520. The maximum Gasteiger partial charge on any atom is 0.175 e. The molecule has 0 saturated heterocycles. The Kier molecular flexibility index (Phi) is 7.37. The Bertz CT molecular complexity index is 1040. The van der Waals surface area contributed by atoms with E-state index in [4.69, 9.17) is 4.84 Å². The third-order valence-corrected chi connectivity index (χ3v) is 6.41. The van der Waals surface area contributed by atoms with Crippen LogP contribution in [-0.2, 0) is 20.8 Å². The molecule has 33 heavy (non-hydrogen) atoms. The van der Waals surface area contributed by atoms with Crippen LogP contribution in [0.1, 0.15) is 68.4 Å². The van der Waals surface area contributed by atoms with Crippen molar-refractivity contribution in [1.29, 1.82) is 0 Å². The summed E-state index contributed by atoms with van der Waals surface area (Å²) in [5.41, 5.74) is 2.02. The lowest BCUT2D eigenvalue weighted by Gasteiger charge is -2.34. The normalized spacial score (nSPS) is 23.7. The van der Waals surface area contributed by atoms with Crippen molar-refractivity contribution in [2.75, 3.05) is 6.61 Å². The molecule has 0 heterocycles. The molecule has 8 heteroatoms. The molecule has 2 aliphatic carbocycles. The molecule has 3 unspecified atom stereocenters. The van der Waals surface area contributed by atoms with Crippen molar-refractivity contribution in [3.63, 3.8) is 0 Å². The Labute approximate surface area is 192 Å². The minimum Gasteiger partial charge on any atom is -0.511 e. The number of hydrogen-bond acceptors (Lipinski definition) is 8. The van der Waals surface area contributed by atoms with Gasteiger partial charge >= 0.3 is 0 Å². The van der Waals surface area contributed by atoms with E-state index in [0.717, 1.165) is 0 Å². The van der Waals surface area contributed by atoms with Crippen molar-refractivity contribution < 1.29 is 34.5 Å². The number of oxime groups is 1. The van der Waals surface area contributed by atoms with Crippen LogP contribution in [0.15, 0.2) is 28.6 Å². The molecule has 1 aromatic rings. The first kappa shape index (κ1) is 24.6. The van der Waals surface area contributed by atoms with Gasteiger partial charge in [-0.1, -0.05) is 5.16 Å². The second kappa shape index (κ2) is 9.87. The Balaban J connectivity index is 1.91. The van der Waals surface area contributed by atoms with Gasteiger partial charge in [-0.25, -0.2) is 0 Å². The van der Waals surface area contributed by atoms with Crippen molar-refractivity contribution in [1.82, 2.24) is 0 Å². The summed E-state index contributed by atoms with van der Waals surface area (Å²) in [7, 11) is 0. The summed E-state index contributed by atoms with van der Waals surface area (Å²) < 4.78 is 0. The molecule has 2 aliphatic rings. The van der Waals surface area contributed by atoms with Gasteiger partial charge in [0.25, 0.3) is 0 Å². The first-order chi connectivity index (χ1) is 15.5. The van der Waals surface area contributed by atoms with E-state index < -0.39 is 30.0 Å². The molecule has 0 aromatic heterocycles. The largest absolute Gasteiger partial charge is 0.511 e. The second-order valence-corrected chi connectivity index (χ2v) is 9.25. The van der Waals surface area contributed by atoms with Crippen LogP contribution in [0.25, 0.3) is 0 Å². The molecule has 3 rings (SSSR count). The summed E-state index contributed by atoms with van der Waals surface area (Å²) in [6.07, 6.45) is 1.04. The number of carbonyl (C=O) groups excluding carboxylic acids is 3. The fourth-order valence-electron chi connectivity index (χ4n) is 4.94. The Morgan fingerprint density at radius 2 is 1.85 bits per heavy atom. The molecule has 1 aromatic carbocycles. The average Bonchev–Trinajstić information content (AvgIpc) is 2.71. The number of aliphatic hydroxyl groups excluding tert-OH is 2. The fourth-order valence-corrected chi connectivity index (χ4v) is 4.94. The number of ketones is 3. The molecule has 178 valence electrons. The van der Waals surface area contributed by atoms with Crippen molar-refractivity contribution in [3.8, 4) is 5.75 Å². The lowest BCUT2D eigenvalue weighted by molar-refractivity contribution is -0.127. The second-order valence-electron chi connectivity index (χ2n) is 9.25. The molecule has 0 spiro atoms. The van der Waals surface area contributed by atoms with Crippen molar-refractivity contribution in [3.05, 3.63) is 40.2 Å². The molecule has 0 aliphatic heterocycles. The van der Waals surface area contributed by atoms with E-state index in [0.29, 0.717) is 29.7 Å². The molecule has 3 N–H and O–H groups in total. The summed E-state index contributed by atoms with van der Waals surface area (Å²) >= 11 is 0. The molecule has 8 nitrogen and oxygen atoms in total. The van der Waals surface area contributed by atoms with E-state index >= 15 is 0 Å². The van der Waals surface area contributed by atoms with Crippen LogP contribution in [0.4, 0.5) is 0 Å². The smallest absolute Gasteiger partial charge is 0.175 e. The van der Waals surface area contributed by atoms with Gasteiger partial charge in [-0.2, -0.15) is 0 Å². The third kappa shape index (κ3) is 5.00. The number of phenols is 1. The van der Waals surface area contributed by atoms with Gasteiger partial charge in [0.15, 0.2) is 17.3 Å². The summed E-state index contributed by atoms with van der Waals surface area (Å²) in [6.45, 7) is 6.27. The number of rotatable bonds is 7. The number of phenolic OH excluding ortho intramolecular Hbond substituents is 1. The quantitative estimate of drug-likeness (QED) is 0.325. The molecule has 3 atom stereocenters. The zero-order valence-corrected chi connectivity index (χ0v) is 19.4. The summed E-state index contributed by atoms with van der Waals surface area (Å²) in [5, 5.41) is 34.7. The minimum atomic E-state index is -0.803. The number of hydrogen-bond donors (Lipinski definition) is 3. The number of aliphatic hydroxyl groups is 2. The highest BCUT2D eigenvalue weighted by molar-refractivity contribution is 6.21.